The van der Waals surface area contributed by atoms with Crippen molar-refractivity contribution < 1.29 is 4.42 Å². The number of fused-ring (bicyclic) bond motifs is 1. The molecule has 0 saturated heterocycles. The van der Waals surface area contributed by atoms with Crippen molar-refractivity contribution in [2.75, 3.05) is 0 Å². The minimum atomic E-state index is 0.830. The monoisotopic (exact) mass is 437 g/mol. The third-order valence-electron chi connectivity index (χ3n) is 5.10. The van der Waals surface area contributed by atoms with E-state index >= 15 is 0 Å². The van der Waals surface area contributed by atoms with E-state index < -0.39 is 0 Å². The SMILES string of the molecule is Brc1c(-c2ccc3cccccc2-3)cc(-c2ccccc2)[o+]c1-c1ccccc1. The first-order valence-electron chi connectivity index (χ1n) is 9.57. The van der Waals surface area contributed by atoms with Gasteiger partial charge in [-0.05, 0) is 56.9 Å². The van der Waals surface area contributed by atoms with Gasteiger partial charge in [-0.1, -0.05) is 78.9 Å². The van der Waals surface area contributed by atoms with Crippen LogP contribution in [0, 0.1) is 0 Å². The number of hydrogen-bond acceptors (Lipinski definition) is 0. The van der Waals surface area contributed by atoms with Crippen LogP contribution in [-0.2, 0) is 0 Å². The Hall–Kier alpha value is -3.23. The van der Waals surface area contributed by atoms with Crippen LogP contribution in [0.25, 0.3) is 44.9 Å². The van der Waals surface area contributed by atoms with Gasteiger partial charge in [-0.25, -0.2) is 4.42 Å². The maximum absolute atomic E-state index is 6.40. The third-order valence-corrected chi connectivity index (χ3v) is 5.89. The van der Waals surface area contributed by atoms with E-state index in [1.54, 1.807) is 0 Å². The Kier molecular flexibility index (Phi) is 4.71. The fourth-order valence-electron chi connectivity index (χ4n) is 3.67. The molecule has 3 aromatic rings. The molecular formula is C27H18BrO+. The Labute approximate surface area is 178 Å². The van der Waals surface area contributed by atoms with Gasteiger partial charge in [0.25, 0.3) is 0 Å². The smallest absolute Gasteiger partial charge is 0.206 e. The molecule has 1 heterocycles. The number of halogens is 1. The summed E-state index contributed by atoms with van der Waals surface area (Å²) >= 11 is 3.85. The zero-order valence-electron chi connectivity index (χ0n) is 15.7. The normalized spacial score (nSPS) is 10.9. The van der Waals surface area contributed by atoms with Crippen molar-refractivity contribution in [2.24, 2.45) is 0 Å². The summed E-state index contributed by atoms with van der Waals surface area (Å²) in [4.78, 5) is 0. The second-order valence-electron chi connectivity index (χ2n) is 6.93. The lowest BCUT2D eigenvalue weighted by molar-refractivity contribution is 0.579. The van der Waals surface area contributed by atoms with Gasteiger partial charge in [0.2, 0.25) is 0 Å². The highest BCUT2D eigenvalue weighted by atomic mass is 79.9. The van der Waals surface area contributed by atoms with Crippen molar-refractivity contribution in [1.29, 1.82) is 0 Å². The van der Waals surface area contributed by atoms with Crippen molar-refractivity contribution in [3.05, 3.63) is 114 Å². The molecule has 0 atom stereocenters. The topological polar surface area (TPSA) is 11.3 Å². The molecular weight excluding hydrogens is 420 g/mol. The molecule has 0 radical (unpaired) electrons. The van der Waals surface area contributed by atoms with E-state index in [1.165, 1.54) is 16.7 Å². The highest BCUT2D eigenvalue weighted by Crippen LogP contribution is 2.44. The van der Waals surface area contributed by atoms with Gasteiger partial charge < -0.3 is 0 Å². The van der Waals surface area contributed by atoms with Crippen molar-refractivity contribution in [3.8, 4) is 44.9 Å². The fourth-order valence-corrected chi connectivity index (χ4v) is 4.30. The molecule has 0 amide bonds. The lowest BCUT2D eigenvalue weighted by Crippen LogP contribution is -1.89. The first kappa shape index (κ1) is 17.8. The average molecular weight is 438 g/mol. The Morgan fingerprint density at radius 2 is 1.07 bits per heavy atom. The molecule has 2 aliphatic rings. The standard InChI is InChI=1S/C27H18BrO/c28-26-24(23-17-16-19-10-4-3-9-15-22(19)23)18-25(20-11-5-1-6-12-20)29-27(26)21-13-7-2-8-14-21/h1-18H/q+1. The molecule has 29 heavy (non-hydrogen) atoms. The lowest BCUT2D eigenvalue weighted by atomic mass is 9.99. The summed E-state index contributed by atoms with van der Waals surface area (Å²) in [5.41, 5.74) is 6.85. The van der Waals surface area contributed by atoms with Crippen LogP contribution in [0.5, 0.6) is 0 Å². The van der Waals surface area contributed by atoms with Crippen LogP contribution in [0.4, 0.5) is 0 Å². The predicted molar refractivity (Wildman–Crippen MR) is 124 cm³/mol. The van der Waals surface area contributed by atoms with Crippen LogP contribution in [0.1, 0.15) is 0 Å². The molecule has 1 aromatic heterocycles. The summed E-state index contributed by atoms with van der Waals surface area (Å²) in [5.74, 6) is 1.67. The second-order valence-corrected chi connectivity index (χ2v) is 7.72. The van der Waals surface area contributed by atoms with Gasteiger partial charge in [0, 0.05) is 5.56 Å². The van der Waals surface area contributed by atoms with Crippen LogP contribution in [0.2, 0.25) is 0 Å². The highest BCUT2D eigenvalue weighted by molar-refractivity contribution is 9.10. The van der Waals surface area contributed by atoms with E-state index in [2.05, 4.69) is 88.7 Å². The van der Waals surface area contributed by atoms with Crippen molar-refractivity contribution in [1.82, 2.24) is 0 Å². The van der Waals surface area contributed by atoms with Crippen LogP contribution in [-0.4, -0.2) is 0 Å². The first-order valence-corrected chi connectivity index (χ1v) is 10.4. The molecule has 0 spiro atoms. The Bertz CT molecular complexity index is 1250. The number of rotatable bonds is 3. The molecule has 0 bridgehead atoms. The van der Waals surface area contributed by atoms with E-state index in [9.17, 15) is 0 Å². The number of hydrogen-bond donors (Lipinski definition) is 0. The lowest BCUT2D eigenvalue weighted by Gasteiger charge is -2.06. The molecule has 5 rings (SSSR count). The van der Waals surface area contributed by atoms with Crippen molar-refractivity contribution in [3.63, 3.8) is 0 Å². The van der Waals surface area contributed by atoms with Crippen molar-refractivity contribution >= 4 is 15.9 Å². The van der Waals surface area contributed by atoms with E-state index in [1.807, 2.05) is 36.4 Å². The first-order chi connectivity index (χ1) is 14.3. The Morgan fingerprint density at radius 3 is 1.76 bits per heavy atom. The van der Waals surface area contributed by atoms with Gasteiger partial charge in [-0.2, -0.15) is 0 Å². The average Bonchev–Trinajstić information content (AvgIpc) is 3.02. The molecule has 0 unspecified atom stereocenters. The zero-order valence-corrected chi connectivity index (χ0v) is 17.3. The van der Waals surface area contributed by atoms with Crippen LogP contribution in [0.15, 0.2) is 118 Å². The summed E-state index contributed by atoms with van der Waals surface area (Å²) in [6.45, 7) is 0. The van der Waals surface area contributed by atoms with E-state index in [0.717, 1.165) is 32.7 Å². The minimum Gasteiger partial charge on any atom is -0.206 e. The maximum atomic E-state index is 6.40. The molecule has 0 aliphatic heterocycles. The number of benzene rings is 2. The minimum absolute atomic E-state index is 0.830. The van der Waals surface area contributed by atoms with Gasteiger partial charge in [-0.15, -0.1) is 0 Å². The summed E-state index contributed by atoms with van der Waals surface area (Å²) < 4.78 is 7.36. The van der Waals surface area contributed by atoms with E-state index in [-0.39, 0.29) is 0 Å². The maximum Gasteiger partial charge on any atom is 0.375 e. The summed E-state index contributed by atoms with van der Waals surface area (Å²) in [6.07, 6.45) is 0. The van der Waals surface area contributed by atoms with Gasteiger partial charge in [0.05, 0.1) is 17.2 Å². The van der Waals surface area contributed by atoms with Gasteiger partial charge in [-0.3, -0.25) is 0 Å². The van der Waals surface area contributed by atoms with Gasteiger partial charge in [0.1, 0.15) is 4.47 Å². The van der Waals surface area contributed by atoms with E-state index in [0.29, 0.717) is 0 Å². The Morgan fingerprint density at radius 1 is 0.483 bits per heavy atom. The fraction of sp³-hybridized carbons (Fsp3) is 0. The summed E-state index contributed by atoms with van der Waals surface area (Å²) in [7, 11) is 0. The van der Waals surface area contributed by atoms with E-state index in [4.69, 9.17) is 4.42 Å². The van der Waals surface area contributed by atoms with Crippen LogP contribution in [0.3, 0.4) is 0 Å². The van der Waals surface area contributed by atoms with Crippen molar-refractivity contribution in [2.45, 2.75) is 0 Å². The third kappa shape index (κ3) is 3.37. The van der Waals surface area contributed by atoms with Gasteiger partial charge >= 0.3 is 11.5 Å². The molecule has 2 aliphatic carbocycles. The molecule has 138 valence electrons. The molecule has 1 nitrogen and oxygen atoms in total. The van der Waals surface area contributed by atoms with Crippen LogP contribution >= 0.6 is 15.9 Å². The van der Waals surface area contributed by atoms with Crippen LogP contribution < -0.4 is 0 Å². The quantitative estimate of drug-likeness (QED) is 0.257. The summed E-state index contributed by atoms with van der Waals surface area (Å²) in [6, 6.07) is 37.5. The zero-order chi connectivity index (χ0) is 19.6. The van der Waals surface area contributed by atoms with Gasteiger partial charge in [0.15, 0.2) is 0 Å². The molecule has 2 heteroatoms. The Balaban J connectivity index is 1.79. The summed E-state index contributed by atoms with van der Waals surface area (Å²) in [5, 5.41) is 0. The molecule has 0 fully saturated rings. The second kappa shape index (κ2) is 7.65. The molecule has 0 N–H and O–H groups in total. The highest BCUT2D eigenvalue weighted by Gasteiger charge is 2.27. The predicted octanol–water partition coefficient (Wildman–Crippen LogP) is 8.43. The molecule has 0 saturated carbocycles. The molecule has 2 aromatic carbocycles. The largest absolute Gasteiger partial charge is 0.375 e.